The second kappa shape index (κ2) is 6.71. The maximum absolute atomic E-state index is 4.12. The fourth-order valence-electron chi connectivity index (χ4n) is 2.62. The van der Waals surface area contributed by atoms with E-state index >= 15 is 0 Å². The SMILES string of the molecule is CN(C)c1ccc(-n2nnnc2-c2nnnn2Cc2ccccc2)cc1. The maximum Gasteiger partial charge on any atom is 0.226 e. The summed E-state index contributed by atoms with van der Waals surface area (Å²) in [6, 6.07) is 17.9. The number of rotatable bonds is 5. The fourth-order valence-corrected chi connectivity index (χ4v) is 2.62. The van der Waals surface area contributed by atoms with Gasteiger partial charge in [-0.2, -0.15) is 4.68 Å². The van der Waals surface area contributed by atoms with Crippen molar-refractivity contribution in [3.63, 3.8) is 0 Å². The van der Waals surface area contributed by atoms with E-state index in [-0.39, 0.29) is 0 Å². The topological polar surface area (TPSA) is 90.4 Å². The Balaban J connectivity index is 1.69. The highest BCUT2D eigenvalue weighted by atomic mass is 15.6. The van der Waals surface area contributed by atoms with Crippen molar-refractivity contribution < 1.29 is 0 Å². The van der Waals surface area contributed by atoms with Crippen molar-refractivity contribution in [2.75, 3.05) is 19.0 Å². The third kappa shape index (κ3) is 3.02. The van der Waals surface area contributed by atoms with Crippen LogP contribution in [0.3, 0.4) is 0 Å². The summed E-state index contributed by atoms with van der Waals surface area (Å²) < 4.78 is 3.32. The van der Waals surface area contributed by atoms with E-state index in [1.54, 1.807) is 9.36 Å². The minimum Gasteiger partial charge on any atom is -0.378 e. The van der Waals surface area contributed by atoms with Gasteiger partial charge in [0.1, 0.15) is 0 Å². The molecule has 0 N–H and O–H groups in total. The fraction of sp³-hybridized carbons (Fsp3) is 0.176. The number of hydrogen-bond acceptors (Lipinski definition) is 7. The highest BCUT2D eigenvalue weighted by molar-refractivity contribution is 5.53. The molecule has 0 radical (unpaired) electrons. The molecule has 0 saturated carbocycles. The minimum absolute atomic E-state index is 0.489. The van der Waals surface area contributed by atoms with Crippen molar-refractivity contribution in [3.8, 4) is 17.3 Å². The second-order valence-corrected chi connectivity index (χ2v) is 5.97. The average Bonchev–Trinajstić information content (AvgIpc) is 3.31. The summed E-state index contributed by atoms with van der Waals surface area (Å²) in [6.45, 7) is 0.537. The van der Waals surface area contributed by atoms with Crippen LogP contribution in [0, 0.1) is 0 Å². The Kier molecular flexibility index (Phi) is 4.10. The molecule has 130 valence electrons. The molecular formula is C17H17N9. The molecular weight excluding hydrogens is 330 g/mol. The molecule has 0 amide bonds. The van der Waals surface area contributed by atoms with Gasteiger partial charge in [-0.1, -0.05) is 30.3 Å². The Morgan fingerprint density at radius 3 is 2.23 bits per heavy atom. The molecule has 0 aliphatic heterocycles. The highest BCUT2D eigenvalue weighted by Gasteiger charge is 2.18. The molecule has 4 aromatic rings. The largest absolute Gasteiger partial charge is 0.378 e. The van der Waals surface area contributed by atoms with Crippen molar-refractivity contribution in [1.82, 2.24) is 40.4 Å². The van der Waals surface area contributed by atoms with Gasteiger partial charge in [-0.3, -0.25) is 0 Å². The van der Waals surface area contributed by atoms with Gasteiger partial charge in [-0.25, -0.2) is 4.68 Å². The van der Waals surface area contributed by atoms with Crippen LogP contribution in [0.2, 0.25) is 0 Å². The Hall–Kier alpha value is -3.62. The maximum atomic E-state index is 4.12. The zero-order chi connectivity index (χ0) is 17.9. The quantitative estimate of drug-likeness (QED) is 0.539. The number of hydrogen-bond donors (Lipinski definition) is 0. The lowest BCUT2D eigenvalue weighted by atomic mass is 10.2. The first-order valence-electron chi connectivity index (χ1n) is 8.09. The predicted octanol–water partition coefficient (Wildman–Crippen LogP) is 1.43. The van der Waals surface area contributed by atoms with Gasteiger partial charge in [0.05, 0.1) is 12.2 Å². The lowest BCUT2D eigenvalue weighted by Gasteiger charge is -2.12. The Labute approximate surface area is 149 Å². The van der Waals surface area contributed by atoms with E-state index in [0.717, 1.165) is 16.9 Å². The van der Waals surface area contributed by atoms with E-state index in [9.17, 15) is 0 Å². The summed E-state index contributed by atoms with van der Waals surface area (Å²) in [5.41, 5.74) is 3.03. The molecule has 0 aliphatic rings. The van der Waals surface area contributed by atoms with Crippen molar-refractivity contribution in [1.29, 1.82) is 0 Å². The number of tetrazole rings is 2. The predicted molar refractivity (Wildman–Crippen MR) is 95.8 cm³/mol. The van der Waals surface area contributed by atoms with E-state index in [1.165, 1.54) is 0 Å². The first-order chi connectivity index (χ1) is 12.7. The first-order valence-corrected chi connectivity index (χ1v) is 8.09. The molecule has 0 bridgehead atoms. The summed E-state index contributed by atoms with van der Waals surface area (Å²) in [4.78, 5) is 2.03. The van der Waals surface area contributed by atoms with Gasteiger partial charge < -0.3 is 4.90 Å². The molecule has 0 fully saturated rings. The molecule has 2 aromatic carbocycles. The van der Waals surface area contributed by atoms with E-state index < -0.39 is 0 Å². The molecule has 0 unspecified atom stereocenters. The highest BCUT2D eigenvalue weighted by Crippen LogP contribution is 2.20. The third-order valence-corrected chi connectivity index (χ3v) is 3.99. The lowest BCUT2D eigenvalue weighted by molar-refractivity contribution is 0.649. The smallest absolute Gasteiger partial charge is 0.226 e. The minimum atomic E-state index is 0.489. The molecule has 26 heavy (non-hydrogen) atoms. The van der Waals surface area contributed by atoms with Crippen LogP contribution >= 0.6 is 0 Å². The van der Waals surface area contributed by atoms with E-state index in [0.29, 0.717) is 18.2 Å². The van der Waals surface area contributed by atoms with Crippen LogP contribution in [-0.2, 0) is 6.54 Å². The lowest BCUT2D eigenvalue weighted by Crippen LogP contribution is -2.10. The molecule has 2 aromatic heterocycles. The Bertz CT molecular complexity index is 987. The van der Waals surface area contributed by atoms with Gasteiger partial charge >= 0.3 is 0 Å². The van der Waals surface area contributed by atoms with Crippen molar-refractivity contribution >= 4 is 5.69 Å². The molecule has 9 nitrogen and oxygen atoms in total. The zero-order valence-corrected chi connectivity index (χ0v) is 14.4. The van der Waals surface area contributed by atoms with Crippen molar-refractivity contribution in [3.05, 3.63) is 60.2 Å². The van der Waals surface area contributed by atoms with Crippen LogP contribution < -0.4 is 4.90 Å². The summed E-state index contributed by atoms with van der Waals surface area (Å²) in [7, 11) is 3.99. The van der Waals surface area contributed by atoms with E-state index in [2.05, 4.69) is 31.1 Å². The van der Waals surface area contributed by atoms with Gasteiger partial charge in [-0.15, -0.1) is 10.2 Å². The van der Waals surface area contributed by atoms with Crippen LogP contribution in [0.1, 0.15) is 5.56 Å². The van der Waals surface area contributed by atoms with Crippen LogP contribution in [0.4, 0.5) is 5.69 Å². The molecule has 0 saturated heterocycles. The van der Waals surface area contributed by atoms with Gasteiger partial charge in [0.2, 0.25) is 11.6 Å². The van der Waals surface area contributed by atoms with Crippen LogP contribution in [0.15, 0.2) is 54.6 Å². The second-order valence-electron chi connectivity index (χ2n) is 5.97. The zero-order valence-electron chi connectivity index (χ0n) is 14.4. The van der Waals surface area contributed by atoms with Crippen LogP contribution in [-0.4, -0.2) is 54.5 Å². The standard InChI is InChI=1S/C17H17N9/c1-24(2)14-8-10-15(11-9-14)26-17(19-21-23-26)16-18-20-22-25(16)12-13-6-4-3-5-7-13/h3-11H,12H2,1-2H3. The first kappa shape index (κ1) is 15.9. The van der Waals surface area contributed by atoms with E-state index in [1.807, 2.05) is 73.6 Å². The van der Waals surface area contributed by atoms with E-state index in [4.69, 9.17) is 0 Å². The van der Waals surface area contributed by atoms with Crippen LogP contribution in [0.5, 0.6) is 0 Å². The number of anilines is 1. The summed E-state index contributed by atoms with van der Waals surface area (Å²) in [6.07, 6.45) is 0. The average molecular weight is 347 g/mol. The van der Waals surface area contributed by atoms with Gasteiger partial charge in [0.25, 0.3) is 0 Å². The third-order valence-electron chi connectivity index (χ3n) is 3.99. The van der Waals surface area contributed by atoms with Gasteiger partial charge in [0.15, 0.2) is 0 Å². The number of aromatic nitrogens is 8. The molecule has 2 heterocycles. The molecule has 0 spiro atoms. The summed E-state index contributed by atoms with van der Waals surface area (Å²) in [5, 5.41) is 24.0. The summed E-state index contributed by atoms with van der Waals surface area (Å²) >= 11 is 0. The van der Waals surface area contributed by atoms with Gasteiger partial charge in [-0.05, 0) is 50.7 Å². The number of nitrogens with zero attached hydrogens (tertiary/aromatic N) is 9. The summed E-state index contributed by atoms with van der Waals surface area (Å²) in [5.74, 6) is 0.999. The Morgan fingerprint density at radius 2 is 1.50 bits per heavy atom. The molecule has 4 rings (SSSR count). The van der Waals surface area contributed by atoms with Gasteiger partial charge in [0, 0.05) is 19.8 Å². The molecule has 0 aliphatic carbocycles. The Morgan fingerprint density at radius 1 is 0.808 bits per heavy atom. The van der Waals surface area contributed by atoms with Crippen molar-refractivity contribution in [2.45, 2.75) is 6.54 Å². The normalized spacial score (nSPS) is 10.8. The molecule has 9 heteroatoms. The number of benzene rings is 2. The van der Waals surface area contributed by atoms with Crippen molar-refractivity contribution in [2.24, 2.45) is 0 Å². The monoisotopic (exact) mass is 347 g/mol. The molecule has 0 atom stereocenters. The van der Waals surface area contributed by atoms with Crippen LogP contribution in [0.25, 0.3) is 17.3 Å².